The minimum absolute atomic E-state index is 0.00426. The van der Waals surface area contributed by atoms with Crippen molar-refractivity contribution in [2.75, 3.05) is 5.75 Å². The molecule has 0 aromatic heterocycles. The first-order valence-electron chi connectivity index (χ1n) is 11.0. The quantitative estimate of drug-likeness (QED) is 0.469. The van der Waals surface area contributed by atoms with Gasteiger partial charge >= 0.3 is 0 Å². The number of thioether (sulfide) groups is 1. The number of carbonyl (C=O) groups excluding carboxylic acids is 1. The number of fused-ring (bicyclic) bond motifs is 3. The van der Waals surface area contributed by atoms with E-state index in [4.69, 9.17) is 4.98 Å². The summed E-state index contributed by atoms with van der Waals surface area (Å²) in [7, 11) is 0. The Hall–Kier alpha value is -2.61. The number of aromatic nitrogens is 4. The van der Waals surface area contributed by atoms with Crippen LogP contribution < -0.4 is 10.9 Å². The van der Waals surface area contributed by atoms with E-state index in [1.165, 1.54) is 16.4 Å². The van der Waals surface area contributed by atoms with Crippen molar-refractivity contribution in [1.82, 2.24) is 24.6 Å². The topological polar surface area (TPSA) is 81.8 Å². The maximum atomic E-state index is 13.3. The van der Waals surface area contributed by atoms with E-state index in [2.05, 4.69) is 28.8 Å². The van der Waals surface area contributed by atoms with Crippen LogP contribution in [-0.4, -0.2) is 37.0 Å². The van der Waals surface area contributed by atoms with Gasteiger partial charge in [-0.1, -0.05) is 50.2 Å². The third-order valence-corrected chi connectivity index (χ3v) is 6.86. The Morgan fingerprint density at radius 2 is 1.94 bits per heavy atom. The van der Waals surface area contributed by atoms with Crippen LogP contribution in [-0.2, 0) is 17.8 Å². The molecule has 0 bridgehead atoms. The first-order chi connectivity index (χ1) is 15.0. The van der Waals surface area contributed by atoms with Crippen LogP contribution in [0.15, 0.2) is 40.3 Å². The molecule has 8 heteroatoms. The van der Waals surface area contributed by atoms with Crippen LogP contribution in [0.1, 0.15) is 45.7 Å². The zero-order chi connectivity index (χ0) is 22.0. The minimum Gasteiger partial charge on any atom is -0.353 e. The molecule has 4 rings (SSSR count). The lowest BCUT2D eigenvalue weighted by atomic mass is 10.1. The van der Waals surface area contributed by atoms with E-state index in [1.54, 1.807) is 0 Å². The summed E-state index contributed by atoms with van der Waals surface area (Å²) in [5.74, 6) is 1.13. The van der Waals surface area contributed by atoms with Crippen LogP contribution in [0.5, 0.6) is 0 Å². The number of rotatable bonds is 6. The van der Waals surface area contributed by atoms with E-state index in [0.29, 0.717) is 23.1 Å². The SMILES string of the molecule is CC(C)C(C)NC(=O)CSc1nc2nn(-c3ccccc3)c(=O)c-2c2n1CCCCC2. The molecule has 164 valence electrons. The Bertz CT molecular complexity index is 1090. The molecule has 0 radical (unpaired) electrons. The zero-order valence-corrected chi connectivity index (χ0v) is 19.1. The van der Waals surface area contributed by atoms with Crippen molar-refractivity contribution in [2.45, 2.75) is 64.2 Å². The molecule has 0 saturated carbocycles. The molecule has 1 aromatic carbocycles. The minimum atomic E-state index is -0.126. The normalized spacial score (nSPS) is 15.0. The number of nitrogens with one attached hydrogen (secondary N) is 1. The third kappa shape index (κ3) is 4.54. The highest BCUT2D eigenvalue weighted by Crippen LogP contribution is 2.30. The number of para-hydroxylation sites is 1. The van der Waals surface area contributed by atoms with Crippen molar-refractivity contribution in [3.63, 3.8) is 0 Å². The highest BCUT2D eigenvalue weighted by Gasteiger charge is 2.27. The Kier molecular flexibility index (Phi) is 6.46. The lowest BCUT2D eigenvalue weighted by molar-refractivity contribution is -0.119. The van der Waals surface area contributed by atoms with Gasteiger partial charge in [0.1, 0.15) is 5.56 Å². The molecule has 3 aliphatic rings. The largest absolute Gasteiger partial charge is 0.353 e. The van der Waals surface area contributed by atoms with Gasteiger partial charge in [-0.3, -0.25) is 9.59 Å². The van der Waals surface area contributed by atoms with E-state index in [9.17, 15) is 9.59 Å². The number of nitrogens with zero attached hydrogens (tertiary/aromatic N) is 4. The molecule has 1 N–H and O–H groups in total. The van der Waals surface area contributed by atoms with E-state index in [-0.39, 0.29) is 17.5 Å². The molecule has 0 aliphatic carbocycles. The lowest BCUT2D eigenvalue weighted by Gasteiger charge is -2.19. The molecule has 3 aliphatic heterocycles. The molecule has 0 spiro atoms. The van der Waals surface area contributed by atoms with Crippen molar-refractivity contribution in [2.24, 2.45) is 5.92 Å². The molecular weight excluding hydrogens is 410 g/mol. The van der Waals surface area contributed by atoms with E-state index < -0.39 is 0 Å². The molecule has 1 unspecified atom stereocenters. The summed E-state index contributed by atoms with van der Waals surface area (Å²) in [6.45, 7) is 7.00. The van der Waals surface area contributed by atoms with Gasteiger partial charge in [0, 0.05) is 18.3 Å². The second-order valence-corrected chi connectivity index (χ2v) is 9.39. The summed E-state index contributed by atoms with van der Waals surface area (Å²) in [5, 5.41) is 8.35. The van der Waals surface area contributed by atoms with E-state index in [1.807, 2.05) is 37.3 Å². The molecular formula is C23H29N5O2S. The van der Waals surface area contributed by atoms with Crippen molar-refractivity contribution in [3.8, 4) is 17.1 Å². The third-order valence-electron chi connectivity index (χ3n) is 5.89. The van der Waals surface area contributed by atoms with Gasteiger partial charge in [-0.15, -0.1) is 5.10 Å². The zero-order valence-electron chi connectivity index (χ0n) is 18.3. The average molecular weight is 440 g/mol. The molecule has 7 nitrogen and oxygen atoms in total. The first kappa shape index (κ1) is 21.6. The molecule has 31 heavy (non-hydrogen) atoms. The number of hydrogen-bond acceptors (Lipinski definition) is 5. The van der Waals surface area contributed by atoms with E-state index in [0.717, 1.165) is 48.8 Å². The van der Waals surface area contributed by atoms with Gasteiger partial charge in [0.05, 0.1) is 11.4 Å². The van der Waals surface area contributed by atoms with E-state index >= 15 is 0 Å². The van der Waals surface area contributed by atoms with Crippen molar-refractivity contribution in [3.05, 3.63) is 46.4 Å². The Morgan fingerprint density at radius 1 is 1.16 bits per heavy atom. The molecule has 0 saturated heterocycles. The van der Waals surface area contributed by atoms with Crippen LogP contribution in [0.2, 0.25) is 0 Å². The second-order valence-electron chi connectivity index (χ2n) is 8.44. The molecule has 1 aromatic rings. The Balaban J connectivity index is 1.71. The monoisotopic (exact) mass is 439 g/mol. The van der Waals surface area contributed by atoms with Crippen molar-refractivity contribution in [1.29, 1.82) is 0 Å². The van der Waals surface area contributed by atoms with Gasteiger partial charge in [0.2, 0.25) is 5.91 Å². The Morgan fingerprint density at radius 3 is 2.68 bits per heavy atom. The smallest absolute Gasteiger partial charge is 0.284 e. The first-order valence-corrected chi connectivity index (χ1v) is 11.9. The summed E-state index contributed by atoms with van der Waals surface area (Å²) >= 11 is 1.42. The molecule has 1 amide bonds. The second kappa shape index (κ2) is 9.26. The summed E-state index contributed by atoms with van der Waals surface area (Å²) < 4.78 is 3.58. The average Bonchev–Trinajstić information content (AvgIpc) is 2.92. The summed E-state index contributed by atoms with van der Waals surface area (Å²) in [6.07, 6.45) is 4.00. The van der Waals surface area contributed by atoms with Crippen LogP contribution in [0.3, 0.4) is 0 Å². The summed E-state index contributed by atoms with van der Waals surface area (Å²) in [5.41, 5.74) is 2.20. The highest BCUT2D eigenvalue weighted by atomic mass is 32.2. The maximum Gasteiger partial charge on any atom is 0.284 e. The Labute approximate surface area is 186 Å². The van der Waals surface area contributed by atoms with Crippen LogP contribution in [0.25, 0.3) is 17.1 Å². The fourth-order valence-electron chi connectivity index (χ4n) is 3.80. The van der Waals surface area contributed by atoms with Crippen LogP contribution in [0.4, 0.5) is 0 Å². The number of benzene rings is 1. The fraction of sp³-hybridized carbons (Fsp3) is 0.478. The van der Waals surface area contributed by atoms with Crippen molar-refractivity contribution < 1.29 is 4.79 Å². The van der Waals surface area contributed by atoms with Gasteiger partial charge in [-0.25, -0.2) is 4.98 Å². The van der Waals surface area contributed by atoms with Crippen LogP contribution >= 0.6 is 11.8 Å². The van der Waals surface area contributed by atoms with Gasteiger partial charge in [-0.05, 0) is 44.2 Å². The maximum absolute atomic E-state index is 13.3. The predicted octanol–water partition coefficient (Wildman–Crippen LogP) is 3.51. The number of hydrogen-bond donors (Lipinski definition) is 1. The van der Waals surface area contributed by atoms with Gasteiger partial charge in [-0.2, -0.15) is 4.68 Å². The fourth-order valence-corrected chi connectivity index (χ4v) is 4.65. The molecule has 0 fully saturated rings. The standard InChI is InChI=1S/C23H29N5O2S/c1-15(2)16(3)24-19(29)14-31-23-25-21-20(18-12-8-5-9-13-27(18)23)22(30)28(26-21)17-10-6-4-7-11-17/h4,6-7,10-11,15-16H,5,8-9,12-14H2,1-3H3,(H,24,29). The van der Waals surface area contributed by atoms with Crippen molar-refractivity contribution >= 4 is 17.7 Å². The molecule has 3 heterocycles. The van der Waals surface area contributed by atoms with Crippen LogP contribution in [0, 0.1) is 5.92 Å². The highest BCUT2D eigenvalue weighted by molar-refractivity contribution is 7.99. The number of carbonyl (C=O) groups is 1. The van der Waals surface area contributed by atoms with Gasteiger partial charge < -0.3 is 9.88 Å². The lowest BCUT2D eigenvalue weighted by Crippen LogP contribution is -2.37. The predicted molar refractivity (Wildman–Crippen MR) is 123 cm³/mol. The summed E-state index contributed by atoms with van der Waals surface area (Å²) in [6, 6.07) is 9.56. The summed E-state index contributed by atoms with van der Waals surface area (Å²) in [4.78, 5) is 30.4. The number of amides is 1. The molecule has 1 atom stereocenters. The van der Waals surface area contributed by atoms with Gasteiger partial charge in [0.15, 0.2) is 11.0 Å². The van der Waals surface area contributed by atoms with Gasteiger partial charge in [0.25, 0.3) is 5.56 Å².